The number of hydrogen-bond acceptors (Lipinski definition) is 3. The van der Waals surface area contributed by atoms with Gasteiger partial charge in [-0.15, -0.1) is 5.53 Å². The van der Waals surface area contributed by atoms with Crippen LogP contribution in [-0.4, -0.2) is 17.1 Å². The van der Waals surface area contributed by atoms with E-state index in [0.29, 0.717) is 0 Å². The molecule has 54 valence electrons. The van der Waals surface area contributed by atoms with Crippen LogP contribution in [0.15, 0.2) is 11.9 Å². The zero-order chi connectivity index (χ0) is 7.56. The van der Waals surface area contributed by atoms with Crippen LogP contribution >= 0.6 is 0 Å². The second-order valence-corrected chi connectivity index (χ2v) is 2.15. The molecule has 0 aromatic rings. The van der Waals surface area contributed by atoms with Gasteiger partial charge in [0.25, 0.3) is 0 Å². The Hall–Kier alpha value is -1.14. The standard InChI is InChI=1S/C7H11N3/c1-4-7-6-9(3)8-10(7)5-2/h2,6,8H,4H2,1,3H3. The van der Waals surface area contributed by atoms with Crippen LogP contribution in [0.2, 0.25) is 0 Å². The average Bonchev–Trinajstić information content (AvgIpc) is 2.30. The quantitative estimate of drug-likeness (QED) is 0.531. The topological polar surface area (TPSA) is 18.5 Å². The first-order valence-corrected chi connectivity index (χ1v) is 3.24. The molecule has 0 aromatic heterocycles. The summed E-state index contributed by atoms with van der Waals surface area (Å²) in [4.78, 5) is 0. The van der Waals surface area contributed by atoms with Crippen molar-refractivity contribution in [2.45, 2.75) is 13.3 Å². The minimum absolute atomic E-state index is 0.946. The van der Waals surface area contributed by atoms with Crippen molar-refractivity contribution in [2.24, 2.45) is 0 Å². The molecule has 0 unspecified atom stereocenters. The van der Waals surface area contributed by atoms with Crippen LogP contribution in [0.3, 0.4) is 0 Å². The first-order chi connectivity index (χ1) is 4.77. The van der Waals surface area contributed by atoms with Crippen molar-refractivity contribution in [1.29, 1.82) is 0 Å². The van der Waals surface area contributed by atoms with Gasteiger partial charge in [-0.3, -0.25) is 5.01 Å². The molecule has 1 aliphatic heterocycles. The van der Waals surface area contributed by atoms with E-state index >= 15 is 0 Å². The van der Waals surface area contributed by atoms with Gasteiger partial charge < -0.3 is 0 Å². The first-order valence-electron chi connectivity index (χ1n) is 3.24. The predicted octanol–water partition coefficient (Wildman–Crippen LogP) is 0.496. The molecule has 0 spiro atoms. The monoisotopic (exact) mass is 137 g/mol. The van der Waals surface area contributed by atoms with Crippen LogP contribution in [0, 0.1) is 12.5 Å². The first kappa shape index (κ1) is 6.97. The summed E-state index contributed by atoms with van der Waals surface area (Å²) in [6.07, 6.45) is 8.13. The van der Waals surface area contributed by atoms with Gasteiger partial charge in [0.1, 0.15) is 0 Å². The zero-order valence-electron chi connectivity index (χ0n) is 6.26. The summed E-state index contributed by atoms with van der Waals surface area (Å²) < 4.78 is 0. The molecule has 1 rings (SSSR count). The summed E-state index contributed by atoms with van der Waals surface area (Å²) in [6, 6.07) is 2.51. The van der Waals surface area contributed by atoms with Gasteiger partial charge in [-0.25, -0.2) is 5.01 Å². The van der Waals surface area contributed by atoms with Crippen LogP contribution in [0.25, 0.3) is 0 Å². The van der Waals surface area contributed by atoms with Gasteiger partial charge in [0, 0.05) is 19.3 Å². The van der Waals surface area contributed by atoms with Gasteiger partial charge in [0.15, 0.2) is 0 Å². The van der Waals surface area contributed by atoms with E-state index in [1.54, 1.807) is 5.01 Å². The van der Waals surface area contributed by atoms with Crippen molar-refractivity contribution >= 4 is 0 Å². The number of nitrogens with zero attached hydrogens (tertiary/aromatic N) is 2. The molecule has 0 radical (unpaired) electrons. The highest BCUT2D eigenvalue weighted by atomic mass is 15.8. The molecular formula is C7H11N3. The maximum absolute atomic E-state index is 5.21. The normalized spacial score (nSPS) is 17.1. The summed E-state index contributed by atoms with van der Waals surface area (Å²) in [5.74, 6) is 0. The Morgan fingerprint density at radius 3 is 2.90 bits per heavy atom. The van der Waals surface area contributed by atoms with Gasteiger partial charge in [0.2, 0.25) is 0 Å². The second-order valence-electron chi connectivity index (χ2n) is 2.15. The van der Waals surface area contributed by atoms with Crippen LogP contribution in [-0.2, 0) is 0 Å². The molecule has 0 amide bonds. The molecule has 0 fully saturated rings. The van der Waals surface area contributed by atoms with Crippen molar-refractivity contribution in [3.8, 4) is 12.5 Å². The van der Waals surface area contributed by atoms with Crippen molar-refractivity contribution in [3.05, 3.63) is 11.9 Å². The highest BCUT2D eigenvalue weighted by Gasteiger charge is 2.13. The molecule has 0 atom stereocenters. The summed E-state index contributed by atoms with van der Waals surface area (Å²) in [5.41, 5.74) is 4.06. The van der Waals surface area contributed by atoms with E-state index in [1.165, 1.54) is 0 Å². The predicted molar refractivity (Wildman–Crippen MR) is 39.9 cm³/mol. The molecule has 10 heavy (non-hydrogen) atoms. The van der Waals surface area contributed by atoms with Gasteiger partial charge in [0.05, 0.1) is 5.70 Å². The highest BCUT2D eigenvalue weighted by Crippen LogP contribution is 2.10. The lowest BCUT2D eigenvalue weighted by molar-refractivity contribution is 0.213. The smallest absolute Gasteiger partial charge is 0.0633 e. The van der Waals surface area contributed by atoms with E-state index in [-0.39, 0.29) is 0 Å². The Kier molecular flexibility index (Phi) is 1.83. The number of allylic oxidation sites excluding steroid dienone is 1. The third-order valence-electron chi connectivity index (χ3n) is 1.38. The fourth-order valence-electron chi connectivity index (χ4n) is 0.893. The molecule has 1 aliphatic rings. The zero-order valence-corrected chi connectivity index (χ0v) is 6.26. The van der Waals surface area contributed by atoms with Gasteiger partial charge >= 0.3 is 0 Å². The molecule has 3 nitrogen and oxygen atoms in total. The average molecular weight is 137 g/mol. The summed E-state index contributed by atoms with van der Waals surface area (Å²) >= 11 is 0. The maximum atomic E-state index is 5.21. The molecule has 0 saturated heterocycles. The molecule has 0 saturated carbocycles. The van der Waals surface area contributed by atoms with Crippen LogP contribution < -0.4 is 5.53 Å². The van der Waals surface area contributed by atoms with Gasteiger partial charge in [-0.1, -0.05) is 13.3 Å². The Morgan fingerprint density at radius 1 is 1.80 bits per heavy atom. The summed E-state index contributed by atoms with van der Waals surface area (Å²) in [7, 11) is 1.91. The molecule has 1 N–H and O–H groups in total. The lowest BCUT2D eigenvalue weighted by atomic mass is 10.3. The minimum atomic E-state index is 0.946. The Labute approximate surface area is 61.2 Å². The molecule has 0 bridgehead atoms. The van der Waals surface area contributed by atoms with E-state index in [1.807, 2.05) is 18.3 Å². The molecule has 1 heterocycles. The summed E-state index contributed by atoms with van der Waals surface area (Å²) in [5, 5.41) is 3.50. The number of nitrogens with one attached hydrogen (secondary N) is 1. The van der Waals surface area contributed by atoms with Crippen molar-refractivity contribution < 1.29 is 0 Å². The molecule has 3 heteroatoms. The third-order valence-corrected chi connectivity index (χ3v) is 1.38. The maximum Gasteiger partial charge on any atom is 0.0633 e. The Bertz CT molecular complexity index is 190. The van der Waals surface area contributed by atoms with Crippen molar-refractivity contribution in [3.63, 3.8) is 0 Å². The summed E-state index contributed by atoms with van der Waals surface area (Å²) in [6.45, 7) is 2.07. The lowest BCUT2D eigenvalue weighted by Crippen LogP contribution is -2.34. The van der Waals surface area contributed by atoms with Crippen LogP contribution in [0.5, 0.6) is 0 Å². The largest absolute Gasteiger partial charge is 0.298 e. The van der Waals surface area contributed by atoms with E-state index < -0.39 is 0 Å². The molecule has 0 aliphatic carbocycles. The molecule has 0 aromatic carbocycles. The fraction of sp³-hybridized carbons (Fsp3) is 0.429. The van der Waals surface area contributed by atoms with Gasteiger partial charge in [-0.2, -0.15) is 0 Å². The van der Waals surface area contributed by atoms with Crippen LogP contribution in [0.1, 0.15) is 13.3 Å². The number of terminal acetylenes is 1. The van der Waals surface area contributed by atoms with Gasteiger partial charge in [-0.05, 0) is 6.42 Å². The highest BCUT2D eigenvalue weighted by molar-refractivity contribution is 5.08. The van der Waals surface area contributed by atoms with E-state index in [9.17, 15) is 0 Å². The lowest BCUT2D eigenvalue weighted by Gasteiger charge is -2.14. The number of hydrogen-bond donors (Lipinski definition) is 1. The van der Waals surface area contributed by atoms with E-state index in [4.69, 9.17) is 6.42 Å². The minimum Gasteiger partial charge on any atom is -0.298 e. The van der Waals surface area contributed by atoms with E-state index in [2.05, 4.69) is 18.5 Å². The fourth-order valence-corrected chi connectivity index (χ4v) is 0.893. The van der Waals surface area contributed by atoms with E-state index in [0.717, 1.165) is 12.1 Å². The second kappa shape index (κ2) is 2.63. The number of hydrazine groups is 2. The Balaban J connectivity index is 2.68. The SMILES string of the molecule is C#CN1NN(C)C=C1CC. The molecular weight excluding hydrogens is 126 g/mol. The Morgan fingerprint density at radius 2 is 2.50 bits per heavy atom. The third kappa shape index (κ3) is 1.07. The van der Waals surface area contributed by atoms with Crippen LogP contribution in [0.4, 0.5) is 0 Å². The van der Waals surface area contributed by atoms with Crippen molar-refractivity contribution in [2.75, 3.05) is 7.05 Å². The van der Waals surface area contributed by atoms with Crippen molar-refractivity contribution in [1.82, 2.24) is 15.6 Å². The number of rotatable bonds is 1.